The third-order valence-corrected chi connectivity index (χ3v) is 5.67. The largest absolute Gasteiger partial charge is 0.481 e. The summed E-state index contributed by atoms with van der Waals surface area (Å²) in [6.45, 7) is 8.52. The van der Waals surface area contributed by atoms with Crippen molar-refractivity contribution in [1.29, 1.82) is 0 Å². The van der Waals surface area contributed by atoms with Crippen molar-refractivity contribution in [3.8, 4) is 5.75 Å². The van der Waals surface area contributed by atoms with Crippen LogP contribution in [0.5, 0.6) is 5.75 Å². The number of nitrogens with zero attached hydrogens (tertiary/aromatic N) is 3. The Morgan fingerprint density at radius 3 is 2.68 bits per heavy atom. The molecule has 1 amide bonds. The van der Waals surface area contributed by atoms with E-state index in [4.69, 9.17) is 9.84 Å². The summed E-state index contributed by atoms with van der Waals surface area (Å²) >= 11 is 0. The zero-order chi connectivity index (χ0) is 20.3. The van der Waals surface area contributed by atoms with Crippen molar-refractivity contribution in [3.05, 3.63) is 46.8 Å². The van der Waals surface area contributed by atoms with Crippen LogP contribution < -0.4 is 10.1 Å². The molecule has 152 valence electrons. The molecule has 0 bridgehead atoms. The van der Waals surface area contributed by atoms with Crippen LogP contribution in [-0.4, -0.2) is 46.8 Å². The highest BCUT2D eigenvalue weighted by Crippen LogP contribution is 2.25. The van der Waals surface area contributed by atoms with Crippen molar-refractivity contribution in [3.63, 3.8) is 0 Å². The zero-order valence-electron chi connectivity index (χ0n) is 17.7. The minimum Gasteiger partial charge on any atom is -0.481 e. The smallest absolute Gasteiger partial charge is 0.263 e. The highest BCUT2D eigenvalue weighted by atomic mass is 16.5. The molecule has 1 aliphatic rings. The van der Waals surface area contributed by atoms with Gasteiger partial charge in [0.05, 0.1) is 17.9 Å². The molecule has 1 saturated heterocycles. The quantitative estimate of drug-likeness (QED) is 0.832. The highest BCUT2D eigenvalue weighted by Gasteiger charge is 2.23. The van der Waals surface area contributed by atoms with Crippen LogP contribution in [-0.2, 0) is 18.4 Å². The summed E-state index contributed by atoms with van der Waals surface area (Å²) in [5.41, 5.74) is 4.55. The first kappa shape index (κ1) is 20.4. The zero-order valence-corrected chi connectivity index (χ0v) is 17.7. The number of carbonyl (C=O) groups excluding carboxylic acids is 1. The Balaban J connectivity index is 1.61. The van der Waals surface area contributed by atoms with Crippen LogP contribution in [0.25, 0.3) is 0 Å². The van der Waals surface area contributed by atoms with Crippen LogP contribution in [0.1, 0.15) is 48.2 Å². The minimum absolute atomic E-state index is 0.0390. The summed E-state index contributed by atoms with van der Waals surface area (Å²) in [5.74, 6) is 1.20. The number of nitrogens with one attached hydrogen (secondary N) is 1. The van der Waals surface area contributed by atoms with Crippen molar-refractivity contribution in [1.82, 2.24) is 20.0 Å². The monoisotopic (exact) mass is 384 g/mol. The van der Waals surface area contributed by atoms with Crippen LogP contribution in [0.3, 0.4) is 0 Å². The second kappa shape index (κ2) is 8.78. The van der Waals surface area contributed by atoms with Gasteiger partial charge in [0.25, 0.3) is 5.91 Å². The molecule has 2 heterocycles. The van der Waals surface area contributed by atoms with Gasteiger partial charge in [0.15, 0.2) is 6.10 Å². The van der Waals surface area contributed by atoms with E-state index in [1.807, 2.05) is 43.9 Å². The second-order valence-electron chi connectivity index (χ2n) is 7.91. The fourth-order valence-electron chi connectivity index (χ4n) is 3.67. The molecule has 0 saturated carbocycles. The van der Waals surface area contributed by atoms with Gasteiger partial charge in [0.1, 0.15) is 5.75 Å². The molecule has 0 aliphatic carbocycles. The van der Waals surface area contributed by atoms with Crippen molar-refractivity contribution >= 4 is 5.91 Å². The normalized spacial score (nSPS) is 16.0. The number of amides is 1. The lowest BCUT2D eigenvalue weighted by molar-refractivity contribution is -0.137. The minimum atomic E-state index is -0.538. The van der Waals surface area contributed by atoms with Gasteiger partial charge in [-0.2, -0.15) is 5.10 Å². The molecule has 1 atom stereocenters. The van der Waals surface area contributed by atoms with E-state index < -0.39 is 6.10 Å². The number of aromatic nitrogens is 2. The number of hydrogen-bond donors (Lipinski definition) is 1. The van der Waals surface area contributed by atoms with Crippen molar-refractivity contribution < 1.29 is 9.53 Å². The first-order chi connectivity index (χ1) is 13.3. The summed E-state index contributed by atoms with van der Waals surface area (Å²) in [6, 6.07) is 8.06. The Hall–Kier alpha value is -2.34. The molecule has 1 aliphatic heterocycles. The van der Waals surface area contributed by atoms with E-state index in [0.717, 1.165) is 48.6 Å². The van der Waals surface area contributed by atoms with Crippen molar-refractivity contribution in [2.45, 2.75) is 52.2 Å². The SMILES string of the molecule is Cc1ccc(O[C@H](C)C(=O)N(C)Cc2cc(C3CCNCC3)nn2C)cc1C. The van der Waals surface area contributed by atoms with E-state index in [-0.39, 0.29) is 5.91 Å². The summed E-state index contributed by atoms with van der Waals surface area (Å²) < 4.78 is 7.78. The van der Waals surface area contributed by atoms with Gasteiger partial charge >= 0.3 is 0 Å². The summed E-state index contributed by atoms with van der Waals surface area (Å²) in [5, 5.41) is 8.09. The molecule has 1 fully saturated rings. The van der Waals surface area contributed by atoms with E-state index in [1.165, 1.54) is 5.56 Å². The van der Waals surface area contributed by atoms with Gasteiger partial charge in [-0.1, -0.05) is 6.07 Å². The molecular formula is C22H32N4O2. The standard InChI is InChI=1S/C22H32N4O2/c1-15-6-7-20(12-16(15)2)28-17(3)22(27)25(4)14-19-13-21(24-26(19)5)18-8-10-23-11-9-18/h6-7,12-13,17-18,23H,8-11,14H2,1-5H3/t17-/m1/s1. The van der Waals surface area contributed by atoms with Gasteiger partial charge in [-0.05, 0) is 76.0 Å². The maximum Gasteiger partial charge on any atom is 0.263 e. The lowest BCUT2D eigenvalue weighted by Crippen LogP contribution is -2.37. The van der Waals surface area contributed by atoms with Gasteiger partial charge in [-0.25, -0.2) is 0 Å². The average molecular weight is 385 g/mol. The topological polar surface area (TPSA) is 59.4 Å². The highest BCUT2D eigenvalue weighted by molar-refractivity contribution is 5.80. The third-order valence-electron chi connectivity index (χ3n) is 5.67. The number of hydrogen-bond acceptors (Lipinski definition) is 4. The summed E-state index contributed by atoms with van der Waals surface area (Å²) in [7, 11) is 3.77. The predicted molar refractivity (Wildman–Crippen MR) is 111 cm³/mol. The van der Waals surface area contributed by atoms with Crippen molar-refractivity contribution in [2.24, 2.45) is 7.05 Å². The maximum absolute atomic E-state index is 12.8. The van der Waals surface area contributed by atoms with Crippen molar-refractivity contribution in [2.75, 3.05) is 20.1 Å². The van der Waals surface area contributed by atoms with Gasteiger partial charge in [0, 0.05) is 20.0 Å². The number of aryl methyl sites for hydroxylation is 3. The van der Waals surface area contributed by atoms with Gasteiger partial charge < -0.3 is 15.0 Å². The van der Waals surface area contributed by atoms with Crippen LogP contribution in [0, 0.1) is 13.8 Å². The Kier molecular flexibility index (Phi) is 6.39. The number of carbonyl (C=O) groups is 1. The number of rotatable bonds is 6. The maximum atomic E-state index is 12.8. The van der Waals surface area contributed by atoms with Crippen LogP contribution >= 0.6 is 0 Å². The number of piperidine rings is 1. The van der Waals surface area contributed by atoms with Crippen LogP contribution in [0.4, 0.5) is 0 Å². The van der Waals surface area contributed by atoms with Crippen LogP contribution in [0.2, 0.25) is 0 Å². The van der Waals surface area contributed by atoms with Gasteiger partial charge in [0.2, 0.25) is 0 Å². The molecule has 2 aromatic rings. The molecule has 6 nitrogen and oxygen atoms in total. The molecule has 3 rings (SSSR count). The molecule has 0 spiro atoms. The van der Waals surface area contributed by atoms with E-state index in [0.29, 0.717) is 12.5 Å². The first-order valence-electron chi connectivity index (χ1n) is 10.1. The summed E-state index contributed by atoms with van der Waals surface area (Å²) in [4.78, 5) is 14.5. The Morgan fingerprint density at radius 1 is 1.29 bits per heavy atom. The molecule has 6 heteroatoms. The molecular weight excluding hydrogens is 352 g/mol. The van der Waals surface area contributed by atoms with Gasteiger partial charge in [-0.3, -0.25) is 9.48 Å². The Labute approximate surface area is 167 Å². The lowest BCUT2D eigenvalue weighted by Gasteiger charge is -2.22. The lowest BCUT2D eigenvalue weighted by atomic mass is 9.94. The Morgan fingerprint density at radius 2 is 2.00 bits per heavy atom. The van der Waals surface area contributed by atoms with E-state index in [9.17, 15) is 4.79 Å². The molecule has 1 N–H and O–H groups in total. The number of benzene rings is 1. The number of likely N-dealkylation sites (N-methyl/N-ethyl adjacent to an activating group) is 1. The average Bonchev–Trinajstić information content (AvgIpc) is 3.05. The molecule has 1 aromatic heterocycles. The van der Waals surface area contributed by atoms with Crippen LogP contribution in [0.15, 0.2) is 24.3 Å². The third kappa shape index (κ3) is 4.73. The predicted octanol–water partition coefficient (Wildman–Crippen LogP) is 2.93. The fourth-order valence-corrected chi connectivity index (χ4v) is 3.67. The fraction of sp³-hybridized carbons (Fsp3) is 0.545. The molecule has 28 heavy (non-hydrogen) atoms. The van der Waals surface area contributed by atoms with Gasteiger partial charge in [-0.15, -0.1) is 0 Å². The van der Waals surface area contributed by atoms with E-state index in [1.54, 1.807) is 11.8 Å². The molecule has 1 aromatic carbocycles. The van der Waals surface area contributed by atoms with E-state index >= 15 is 0 Å². The second-order valence-corrected chi connectivity index (χ2v) is 7.91. The first-order valence-corrected chi connectivity index (χ1v) is 10.1. The summed E-state index contributed by atoms with van der Waals surface area (Å²) in [6.07, 6.45) is 1.70. The van der Waals surface area contributed by atoms with E-state index in [2.05, 4.69) is 18.3 Å². The Bertz CT molecular complexity index is 824. The number of ether oxygens (including phenoxy) is 1. The molecule has 0 unspecified atom stereocenters. The molecule has 0 radical (unpaired) electrons.